The lowest BCUT2D eigenvalue weighted by atomic mass is 10.1. The molecule has 0 aliphatic heterocycles. The molecule has 0 aliphatic rings. The molecular formula is C14H10BrF2NO. The molecule has 0 radical (unpaired) electrons. The first-order valence-electron chi connectivity index (χ1n) is 5.50. The quantitative estimate of drug-likeness (QED) is 0.876. The Morgan fingerprint density at radius 1 is 1.16 bits per heavy atom. The summed E-state index contributed by atoms with van der Waals surface area (Å²) in [6.07, 6.45) is 0. The minimum atomic E-state index is -0.407. The minimum Gasteiger partial charge on any atom is -0.322 e. The van der Waals surface area contributed by atoms with E-state index in [1.54, 1.807) is 6.92 Å². The Morgan fingerprint density at radius 3 is 2.53 bits per heavy atom. The van der Waals surface area contributed by atoms with Gasteiger partial charge in [-0.15, -0.1) is 0 Å². The molecule has 2 aromatic rings. The lowest BCUT2D eigenvalue weighted by molar-refractivity contribution is 0.102. The van der Waals surface area contributed by atoms with Crippen molar-refractivity contribution < 1.29 is 13.6 Å². The van der Waals surface area contributed by atoms with Gasteiger partial charge in [0, 0.05) is 11.3 Å². The maximum Gasteiger partial charge on any atom is 0.255 e. The normalized spacial score (nSPS) is 10.3. The molecular weight excluding hydrogens is 316 g/mol. The molecule has 0 saturated heterocycles. The van der Waals surface area contributed by atoms with Gasteiger partial charge in [-0.25, -0.2) is 8.78 Å². The van der Waals surface area contributed by atoms with Crippen LogP contribution >= 0.6 is 15.9 Å². The number of hydrogen-bond donors (Lipinski definition) is 1. The van der Waals surface area contributed by atoms with E-state index in [0.717, 1.165) is 0 Å². The van der Waals surface area contributed by atoms with Crippen LogP contribution in [-0.4, -0.2) is 5.91 Å². The molecule has 0 aromatic heterocycles. The SMILES string of the molecule is Cc1cc(F)ccc1C(=O)Nc1ccc(F)c(Br)c1. The van der Waals surface area contributed by atoms with Crippen molar-refractivity contribution in [3.05, 3.63) is 63.6 Å². The van der Waals surface area contributed by atoms with Crippen LogP contribution in [0.5, 0.6) is 0 Å². The molecule has 2 aromatic carbocycles. The smallest absolute Gasteiger partial charge is 0.255 e. The third kappa shape index (κ3) is 3.17. The summed E-state index contributed by atoms with van der Waals surface area (Å²) in [6.45, 7) is 1.65. The Bertz CT molecular complexity index is 643. The van der Waals surface area contributed by atoms with Crippen molar-refractivity contribution in [3.8, 4) is 0 Å². The number of anilines is 1. The Labute approximate surface area is 117 Å². The molecule has 98 valence electrons. The lowest BCUT2D eigenvalue weighted by Crippen LogP contribution is -2.13. The monoisotopic (exact) mass is 325 g/mol. The van der Waals surface area contributed by atoms with E-state index >= 15 is 0 Å². The molecule has 19 heavy (non-hydrogen) atoms. The highest BCUT2D eigenvalue weighted by Gasteiger charge is 2.10. The fraction of sp³-hybridized carbons (Fsp3) is 0.0714. The van der Waals surface area contributed by atoms with E-state index in [2.05, 4.69) is 21.2 Å². The topological polar surface area (TPSA) is 29.1 Å². The average molecular weight is 326 g/mol. The molecule has 0 fully saturated rings. The van der Waals surface area contributed by atoms with E-state index in [1.807, 2.05) is 0 Å². The third-order valence-electron chi connectivity index (χ3n) is 2.61. The van der Waals surface area contributed by atoms with Crippen molar-refractivity contribution in [2.75, 3.05) is 5.32 Å². The summed E-state index contributed by atoms with van der Waals surface area (Å²) < 4.78 is 26.3. The molecule has 0 spiro atoms. The predicted octanol–water partition coefficient (Wildman–Crippen LogP) is 4.29. The van der Waals surface area contributed by atoms with Crippen molar-refractivity contribution in [3.63, 3.8) is 0 Å². The number of halogens is 3. The van der Waals surface area contributed by atoms with Gasteiger partial charge in [0.25, 0.3) is 5.91 Å². The summed E-state index contributed by atoms with van der Waals surface area (Å²) in [5, 5.41) is 2.63. The Balaban J connectivity index is 2.23. The number of hydrogen-bond acceptors (Lipinski definition) is 1. The standard InChI is InChI=1S/C14H10BrF2NO/c1-8-6-9(16)2-4-11(8)14(19)18-10-3-5-13(17)12(15)7-10/h2-7H,1H3,(H,18,19). The van der Waals surface area contributed by atoms with E-state index in [4.69, 9.17) is 0 Å². The van der Waals surface area contributed by atoms with E-state index in [9.17, 15) is 13.6 Å². The van der Waals surface area contributed by atoms with Crippen LogP contribution in [0, 0.1) is 18.6 Å². The van der Waals surface area contributed by atoms with Gasteiger partial charge in [0.2, 0.25) is 0 Å². The zero-order chi connectivity index (χ0) is 14.0. The van der Waals surface area contributed by atoms with Crippen LogP contribution in [0.4, 0.5) is 14.5 Å². The van der Waals surface area contributed by atoms with Gasteiger partial charge in [0.15, 0.2) is 0 Å². The van der Waals surface area contributed by atoms with Gasteiger partial charge in [-0.3, -0.25) is 4.79 Å². The highest BCUT2D eigenvalue weighted by Crippen LogP contribution is 2.21. The summed E-state index contributed by atoms with van der Waals surface area (Å²) in [7, 11) is 0. The molecule has 0 heterocycles. The second kappa shape index (κ2) is 5.48. The van der Waals surface area contributed by atoms with Gasteiger partial charge in [-0.05, 0) is 64.8 Å². The fourth-order valence-corrected chi connectivity index (χ4v) is 2.03. The van der Waals surface area contributed by atoms with Gasteiger partial charge in [0.05, 0.1) is 4.47 Å². The second-order valence-corrected chi connectivity index (χ2v) is 4.90. The van der Waals surface area contributed by atoms with Crippen LogP contribution in [0.15, 0.2) is 40.9 Å². The van der Waals surface area contributed by atoms with E-state index in [1.165, 1.54) is 36.4 Å². The van der Waals surface area contributed by atoms with Gasteiger partial charge in [0.1, 0.15) is 11.6 Å². The summed E-state index contributed by atoms with van der Waals surface area (Å²) in [5.41, 5.74) is 1.38. The van der Waals surface area contributed by atoms with Gasteiger partial charge in [-0.2, -0.15) is 0 Å². The Hall–Kier alpha value is -1.75. The molecule has 0 aliphatic carbocycles. The molecule has 0 saturated carbocycles. The van der Waals surface area contributed by atoms with E-state index in [0.29, 0.717) is 16.8 Å². The van der Waals surface area contributed by atoms with E-state index < -0.39 is 11.6 Å². The lowest BCUT2D eigenvalue weighted by Gasteiger charge is -2.08. The highest BCUT2D eigenvalue weighted by molar-refractivity contribution is 9.10. The first-order valence-corrected chi connectivity index (χ1v) is 6.29. The van der Waals surface area contributed by atoms with E-state index in [-0.39, 0.29) is 10.4 Å². The largest absolute Gasteiger partial charge is 0.322 e. The number of nitrogens with one attached hydrogen (secondary N) is 1. The average Bonchev–Trinajstić information content (AvgIpc) is 2.33. The number of aryl methyl sites for hydroxylation is 1. The minimum absolute atomic E-state index is 0.265. The number of benzene rings is 2. The maximum absolute atomic E-state index is 13.1. The van der Waals surface area contributed by atoms with Crippen LogP contribution < -0.4 is 5.32 Å². The van der Waals surface area contributed by atoms with Crippen LogP contribution in [0.2, 0.25) is 0 Å². The van der Waals surface area contributed by atoms with Crippen molar-refractivity contribution in [2.24, 2.45) is 0 Å². The number of carbonyl (C=O) groups is 1. The van der Waals surface area contributed by atoms with Crippen LogP contribution in [-0.2, 0) is 0 Å². The summed E-state index contributed by atoms with van der Waals surface area (Å²) in [4.78, 5) is 12.0. The number of rotatable bonds is 2. The molecule has 1 amide bonds. The Morgan fingerprint density at radius 2 is 1.89 bits per heavy atom. The van der Waals surface area contributed by atoms with Crippen molar-refractivity contribution in [1.82, 2.24) is 0 Å². The zero-order valence-electron chi connectivity index (χ0n) is 10.0. The van der Waals surface area contributed by atoms with Gasteiger partial charge in [-0.1, -0.05) is 0 Å². The Kier molecular flexibility index (Phi) is 3.95. The first kappa shape index (κ1) is 13.7. The van der Waals surface area contributed by atoms with Crippen LogP contribution in [0.25, 0.3) is 0 Å². The second-order valence-electron chi connectivity index (χ2n) is 4.04. The van der Waals surface area contributed by atoms with Crippen molar-refractivity contribution in [1.29, 1.82) is 0 Å². The number of carbonyl (C=O) groups excluding carboxylic acids is 1. The maximum atomic E-state index is 13.1. The van der Waals surface area contributed by atoms with Crippen LogP contribution in [0.3, 0.4) is 0 Å². The predicted molar refractivity (Wildman–Crippen MR) is 73.2 cm³/mol. The molecule has 2 nitrogen and oxygen atoms in total. The third-order valence-corrected chi connectivity index (χ3v) is 3.22. The van der Waals surface area contributed by atoms with Gasteiger partial charge < -0.3 is 5.32 Å². The molecule has 5 heteroatoms. The summed E-state index contributed by atoms with van der Waals surface area (Å²) in [6, 6.07) is 8.09. The van der Waals surface area contributed by atoms with Crippen molar-refractivity contribution in [2.45, 2.75) is 6.92 Å². The summed E-state index contributed by atoms with van der Waals surface area (Å²) >= 11 is 3.04. The van der Waals surface area contributed by atoms with Gasteiger partial charge >= 0.3 is 0 Å². The molecule has 1 N–H and O–H groups in total. The molecule has 0 atom stereocenters. The zero-order valence-corrected chi connectivity index (χ0v) is 11.6. The molecule has 0 bridgehead atoms. The summed E-state index contributed by atoms with van der Waals surface area (Å²) in [5.74, 6) is -1.16. The molecule has 0 unspecified atom stereocenters. The fourth-order valence-electron chi connectivity index (χ4n) is 1.65. The number of amides is 1. The van der Waals surface area contributed by atoms with Crippen molar-refractivity contribution >= 4 is 27.5 Å². The van der Waals surface area contributed by atoms with Crippen LogP contribution in [0.1, 0.15) is 15.9 Å². The highest BCUT2D eigenvalue weighted by atomic mass is 79.9. The first-order chi connectivity index (χ1) is 8.97. The molecule has 2 rings (SSSR count).